The van der Waals surface area contributed by atoms with Crippen LogP contribution in [0, 0.1) is 6.92 Å². The first-order valence-corrected chi connectivity index (χ1v) is 12.9. The van der Waals surface area contributed by atoms with Crippen LogP contribution in [0.15, 0.2) is 53.4 Å². The van der Waals surface area contributed by atoms with Crippen molar-refractivity contribution in [2.45, 2.75) is 57.5 Å². The summed E-state index contributed by atoms with van der Waals surface area (Å²) >= 11 is 0. The predicted octanol–water partition coefficient (Wildman–Crippen LogP) is 2.86. The summed E-state index contributed by atoms with van der Waals surface area (Å²) in [7, 11) is -3.91. The van der Waals surface area contributed by atoms with Gasteiger partial charge in [0, 0.05) is 26.1 Å². The van der Waals surface area contributed by atoms with E-state index in [9.17, 15) is 22.8 Å². The largest absolute Gasteiger partial charge is 0.355 e. The molecule has 2 aromatic rings. The van der Waals surface area contributed by atoms with Crippen molar-refractivity contribution in [2.75, 3.05) is 13.1 Å². The Balaban J connectivity index is 1.73. The smallest absolute Gasteiger partial charge is 0.269 e. The van der Waals surface area contributed by atoms with Gasteiger partial charge in [0.2, 0.25) is 11.8 Å². The van der Waals surface area contributed by atoms with E-state index in [-0.39, 0.29) is 48.2 Å². The molecular formula is C25H31N3O5S. The van der Waals surface area contributed by atoms with Gasteiger partial charge in [-0.3, -0.25) is 14.4 Å². The Bertz CT molecular complexity index is 1160. The molecule has 3 amide bonds. The summed E-state index contributed by atoms with van der Waals surface area (Å²) in [5.41, 5.74) is 2.14. The molecule has 0 fully saturated rings. The number of hydrogen-bond acceptors (Lipinski definition) is 5. The zero-order valence-electron chi connectivity index (χ0n) is 19.8. The van der Waals surface area contributed by atoms with Crippen LogP contribution in [0.2, 0.25) is 0 Å². The molecule has 1 heterocycles. The highest BCUT2D eigenvalue weighted by Crippen LogP contribution is 2.30. The first-order valence-electron chi connectivity index (χ1n) is 11.5. The molecule has 0 radical (unpaired) electrons. The Kier molecular flexibility index (Phi) is 8.09. The fourth-order valence-corrected chi connectivity index (χ4v) is 5.68. The third-order valence-electron chi connectivity index (χ3n) is 5.87. The van der Waals surface area contributed by atoms with E-state index in [1.54, 1.807) is 17.0 Å². The van der Waals surface area contributed by atoms with Crippen LogP contribution in [0.1, 0.15) is 54.6 Å². The SMILES string of the molecule is CCNC(=O)[C@H](CC)N(Cc1ccc(C)cc1)C(=O)CCCN1C(=O)c2ccccc2S1(=O)=O. The third-order valence-corrected chi connectivity index (χ3v) is 7.71. The van der Waals surface area contributed by atoms with Gasteiger partial charge in [0.05, 0.1) is 5.56 Å². The molecule has 0 bridgehead atoms. The standard InChI is InChI=1S/C25H31N3O5S/c1-4-21(24(30)26-5-2)27(17-19-14-12-18(3)13-15-19)23(29)11-8-16-28-25(31)20-9-6-7-10-22(20)34(28,32)33/h6-7,9-10,12-15,21H,4-5,8,11,16-17H2,1-3H3,(H,26,30)/t21-/m0/s1. The molecule has 9 heteroatoms. The van der Waals surface area contributed by atoms with Crippen molar-refractivity contribution in [2.24, 2.45) is 0 Å². The second-order valence-corrected chi connectivity index (χ2v) is 10.1. The molecule has 3 rings (SSSR count). The average Bonchev–Trinajstić information content (AvgIpc) is 3.01. The molecule has 0 aromatic heterocycles. The fourth-order valence-electron chi connectivity index (χ4n) is 4.07. The van der Waals surface area contributed by atoms with Gasteiger partial charge < -0.3 is 10.2 Å². The van der Waals surface area contributed by atoms with Gasteiger partial charge in [0.1, 0.15) is 10.9 Å². The van der Waals surface area contributed by atoms with Gasteiger partial charge in [0.25, 0.3) is 15.9 Å². The maximum Gasteiger partial charge on any atom is 0.269 e. The molecule has 34 heavy (non-hydrogen) atoms. The van der Waals surface area contributed by atoms with Crippen LogP contribution in [0.3, 0.4) is 0 Å². The van der Waals surface area contributed by atoms with Crippen LogP contribution >= 0.6 is 0 Å². The van der Waals surface area contributed by atoms with E-state index >= 15 is 0 Å². The van der Waals surface area contributed by atoms with E-state index in [4.69, 9.17) is 0 Å². The second-order valence-electron chi connectivity index (χ2n) is 8.31. The maximum atomic E-state index is 13.3. The summed E-state index contributed by atoms with van der Waals surface area (Å²) in [5.74, 6) is -1.06. The van der Waals surface area contributed by atoms with Crippen LogP contribution in [0.5, 0.6) is 0 Å². The summed E-state index contributed by atoms with van der Waals surface area (Å²) in [4.78, 5) is 40.1. The molecule has 1 atom stereocenters. The van der Waals surface area contributed by atoms with Gasteiger partial charge in [-0.15, -0.1) is 0 Å². The molecule has 0 saturated carbocycles. The van der Waals surface area contributed by atoms with Crippen molar-refractivity contribution < 1.29 is 22.8 Å². The highest BCUT2D eigenvalue weighted by Gasteiger charge is 2.40. The van der Waals surface area contributed by atoms with Crippen molar-refractivity contribution in [3.8, 4) is 0 Å². The van der Waals surface area contributed by atoms with Crippen molar-refractivity contribution in [3.63, 3.8) is 0 Å². The molecule has 1 N–H and O–H groups in total. The van der Waals surface area contributed by atoms with Crippen LogP contribution in [0.25, 0.3) is 0 Å². The Labute approximate surface area is 201 Å². The number of likely N-dealkylation sites (N-methyl/N-ethyl adjacent to an activating group) is 1. The normalized spacial score (nSPS) is 15.0. The van der Waals surface area contributed by atoms with Gasteiger partial charge in [-0.05, 0) is 44.4 Å². The minimum atomic E-state index is -3.91. The van der Waals surface area contributed by atoms with E-state index in [1.165, 1.54) is 12.1 Å². The lowest BCUT2D eigenvalue weighted by Gasteiger charge is -2.31. The van der Waals surface area contributed by atoms with Gasteiger partial charge in [-0.25, -0.2) is 12.7 Å². The van der Waals surface area contributed by atoms with Crippen molar-refractivity contribution in [1.29, 1.82) is 0 Å². The number of hydrogen-bond donors (Lipinski definition) is 1. The molecule has 8 nitrogen and oxygen atoms in total. The maximum absolute atomic E-state index is 13.3. The Hall–Kier alpha value is -3.20. The van der Waals surface area contributed by atoms with E-state index in [0.29, 0.717) is 13.0 Å². The lowest BCUT2D eigenvalue weighted by molar-refractivity contribution is -0.141. The van der Waals surface area contributed by atoms with E-state index in [2.05, 4.69) is 5.32 Å². The lowest BCUT2D eigenvalue weighted by atomic mass is 10.1. The van der Waals surface area contributed by atoms with Crippen LogP contribution < -0.4 is 5.32 Å². The number of carbonyl (C=O) groups excluding carboxylic acids is 3. The number of amides is 3. The molecule has 1 aliphatic heterocycles. The number of nitrogens with zero attached hydrogens (tertiary/aromatic N) is 2. The average molecular weight is 486 g/mol. The van der Waals surface area contributed by atoms with Crippen LogP contribution in [-0.4, -0.2) is 54.5 Å². The van der Waals surface area contributed by atoms with Crippen molar-refractivity contribution >= 4 is 27.7 Å². The molecule has 0 unspecified atom stereocenters. The highest BCUT2D eigenvalue weighted by molar-refractivity contribution is 7.90. The van der Waals surface area contributed by atoms with Crippen LogP contribution in [-0.2, 0) is 26.2 Å². The molecule has 182 valence electrons. The minimum absolute atomic E-state index is 0.00499. The number of benzene rings is 2. The number of rotatable bonds is 10. The molecule has 0 aliphatic carbocycles. The number of aryl methyl sites for hydroxylation is 1. The van der Waals surface area contributed by atoms with E-state index in [0.717, 1.165) is 15.4 Å². The van der Waals surface area contributed by atoms with Crippen LogP contribution in [0.4, 0.5) is 0 Å². The van der Waals surface area contributed by atoms with Crippen molar-refractivity contribution in [1.82, 2.24) is 14.5 Å². The third kappa shape index (κ3) is 5.30. The second kappa shape index (κ2) is 10.8. The Morgan fingerprint density at radius 2 is 1.74 bits per heavy atom. The molecule has 0 saturated heterocycles. The lowest BCUT2D eigenvalue weighted by Crippen LogP contribution is -2.49. The van der Waals surface area contributed by atoms with Gasteiger partial charge in [0.15, 0.2) is 0 Å². The fraction of sp³-hybridized carbons (Fsp3) is 0.400. The monoisotopic (exact) mass is 485 g/mol. The summed E-state index contributed by atoms with van der Waals surface area (Å²) in [6, 6.07) is 13.2. The number of fused-ring (bicyclic) bond motifs is 1. The van der Waals surface area contributed by atoms with Gasteiger partial charge in [-0.1, -0.05) is 48.9 Å². The number of carbonyl (C=O) groups is 3. The summed E-state index contributed by atoms with van der Waals surface area (Å²) in [6.07, 6.45) is 0.614. The number of nitrogens with one attached hydrogen (secondary N) is 1. The highest BCUT2D eigenvalue weighted by atomic mass is 32.2. The summed E-state index contributed by atoms with van der Waals surface area (Å²) < 4.78 is 26.3. The quantitative estimate of drug-likeness (QED) is 0.557. The molecule has 1 aliphatic rings. The van der Waals surface area contributed by atoms with E-state index in [1.807, 2.05) is 45.0 Å². The summed E-state index contributed by atoms with van der Waals surface area (Å²) in [6.45, 7) is 6.27. The zero-order chi connectivity index (χ0) is 24.9. The molecule has 2 aromatic carbocycles. The van der Waals surface area contributed by atoms with Crippen molar-refractivity contribution in [3.05, 3.63) is 65.2 Å². The van der Waals surface area contributed by atoms with Gasteiger partial charge >= 0.3 is 0 Å². The molecular weight excluding hydrogens is 454 g/mol. The van der Waals surface area contributed by atoms with Gasteiger partial charge in [-0.2, -0.15) is 0 Å². The molecule has 0 spiro atoms. The summed E-state index contributed by atoms with van der Waals surface area (Å²) in [5, 5.41) is 2.79. The first-order chi connectivity index (χ1) is 16.2. The Morgan fingerprint density at radius 3 is 2.35 bits per heavy atom. The Morgan fingerprint density at radius 1 is 1.06 bits per heavy atom. The van der Waals surface area contributed by atoms with E-state index < -0.39 is 22.0 Å². The topological polar surface area (TPSA) is 104 Å². The minimum Gasteiger partial charge on any atom is -0.355 e. The first kappa shape index (κ1) is 25.4. The number of sulfonamides is 1. The predicted molar refractivity (Wildman–Crippen MR) is 128 cm³/mol. The zero-order valence-corrected chi connectivity index (χ0v) is 20.6.